The smallest absolute Gasteiger partial charge is 0.202 e. The summed E-state index contributed by atoms with van der Waals surface area (Å²) in [5.41, 5.74) is 8.81. The Labute approximate surface area is 95.5 Å². The Balaban J connectivity index is 2.47. The van der Waals surface area contributed by atoms with E-state index in [1.54, 1.807) is 0 Å². The van der Waals surface area contributed by atoms with Crippen molar-refractivity contribution in [2.45, 2.75) is 33.7 Å². The Bertz CT molecular complexity index is 501. The summed E-state index contributed by atoms with van der Waals surface area (Å²) in [6, 6.07) is 2.02. The summed E-state index contributed by atoms with van der Waals surface area (Å²) in [6.45, 7) is 7.28. The van der Waals surface area contributed by atoms with Crippen LogP contribution < -0.4 is 5.73 Å². The molecule has 4 nitrogen and oxygen atoms in total. The Morgan fingerprint density at radius 1 is 1.50 bits per heavy atom. The highest BCUT2D eigenvalue weighted by molar-refractivity contribution is 5.74. The van der Waals surface area contributed by atoms with Crippen molar-refractivity contribution in [2.24, 2.45) is 5.92 Å². The van der Waals surface area contributed by atoms with Crippen LogP contribution in [-0.4, -0.2) is 14.5 Å². The summed E-state index contributed by atoms with van der Waals surface area (Å²) < 4.78 is 2.00. The zero-order chi connectivity index (χ0) is 11.7. The molecular weight excluding hydrogens is 200 g/mol. The number of nitrogens with two attached hydrogens (primary N) is 1. The number of rotatable bonds is 3. The zero-order valence-electron chi connectivity index (χ0n) is 10.1. The Morgan fingerprint density at radius 2 is 2.25 bits per heavy atom. The van der Waals surface area contributed by atoms with Gasteiger partial charge in [0.2, 0.25) is 5.95 Å². The number of fused-ring (bicyclic) bond motifs is 1. The van der Waals surface area contributed by atoms with E-state index in [1.807, 2.05) is 23.8 Å². The fraction of sp³-hybridized carbons (Fsp3) is 0.500. The second-order valence-corrected chi connectivity index (χ2v) is 4.45. The maximum Gasteiger partial charge on any atom is 0.202 e. The van der Waals surface area contributed by atoms with Crippen LogP contribution in [0.4, 0.5) is 5.95 Å². The molecule has 0 fully saturated rings. The minimum absolute atomic E-state index is 0.563. The average Bonchev–Trinajstić information content (AvgIpc) is 2.54. The molecule has 16 heavy (non-hydrogen) atoms. The quantitative estimate of drug-likeness (QED) is 0.860. The van der Waals surface area contributed by atoms with Gasteiger partial charge in [0.15, 0.2) is 5.65 Å². The highest BCUT2D eigenvalue weighted by atomic mass is 15.2. The first kappa shape index (κ1) is 10.9. The zero-order valence-corrected chi connectivity index (χ0v) is 10.1. The molecule has 2 rings (SSSR count). The van der Waals surface area contributed by atoms with E-state index in [0.717, 1.165) is 29.7 Å². The summed E-state index contributed by atoms with van der Waals surface area (Å²) in [5, 5.41) is 0. The molecule has 0 amide bonds. The standard InChI is InChI=1S/C12H18N4/c1-4-8(2)7-16-11-10(15-12(16)13)5-9(3)6-14-11/h5-6,8H,4,7H2,1-3H3,(H2,13,15). The van der Waals surface area contributed by atoms with E-state index in [2.05, 4.69) is 23.8 Å². The number of nitrogen functional groups attached to an aromatic ring is 1. The molecule has 0 aromatic carbocycles. The van der Waals surface area contributed by atoms with Crippen LogP contribution in [0.5, 0.6) is 0 Å². The Morgan fingerprint density at radius 3 is 2.94 bits per heavy atom. The summed E-state index contributed by atoms with van der Waals surface area (Å²) >= 11 is 0. The molecule has 0 aliphatic carbocycles. The monoisotopic (exact) mass is 218 g/mol. The van der Waals surface area contributed by atoms with Gasteiger partial charge in [-0.05, 0) is 24.5 Å². The fourth-order valence-electron chi connectivity index (χ4n) is 1.75. The molecule has 1 atom stereocenters. The molecule has 1 unspecified atom stereocenters. The molecule has 86 valence electrons. The second-order valence-electron chi connectivity index (χ2n) is 4.45. The maximum atomic E-state index is 5.92. The fourth-order valence-corrected chi connectivity index (χ4v) is 1.75. The summed E-state index contributed by atoms with van der Waals surface area (Å²) in [4.78, 5) is 8.75. The van der Waals surface area contributed by atoms with Gasteiger partial charge in [0, 0.05) is 12.7 Å². The predicted molar refractivity (Wildman–Crippen MR) is 66.1 cm³/mol. The van der Waals surface area contributed by atoms with E-state index in [4.69, 9.17) is 5.73 Å². The number of aryl methyl sites for hydroxylation is 1. The first-order chi connectivity index (χ1) is 7.61. The minimum Gasteiger partial charge on any atom is -0.369 e. The van der Waals surface area contributed by atoms with Crippen molar-refractivity contribution in [3.8, 4) is 0 Å². The van der Waals surface area contributed by atoms with Crippen LogP contribution in [0, 0.1) is 12.8 Å². The number of hydrogen-bond donors (Lipinski definition) is 1. The molecular formula is C12H18N4. The predicted octanol–water partition coefficient (Wildman–Crippen LogP) is 2.37. The minimum atomic E-state index is 0.563. The molecule has 2 N–H and O–H groups in total. The molecule has 0 radical (unpaired) electrons. The second kappa shape index (κ2) is 4.12. The van der Waals surface area contributed by atoms with E-state index in [0.29, 0.717) is 11.9 Å². The van der Waals surface area contributed by atoms with Crippen LogP contribution in [0.1, 0.15) is 25.8 Å². The van der Waals surface area contributed by atoms with Gasteiger partial charge in [0.05, 0.1) is 0 Å². The third-order valence-corrected chi connectivity index (χ3v) is 2.94. The third-order valence-electron chi connectivity index (χ3n) is 2.94. The Kier molecular flexibility index (Phi) is 2.81. The lowest BCUT2D eigenvalue weighted by Crippen LogP contribution is -2.10. The van der Waals surface area contributed by atoms with Crippen molar-refractivity contribution in [2.75, 3.05) is 5.73 Å². The number of nitrogens with zero attached hydrogens (tertiary/aromatic N) is 3. The third kappa shape index (κ3) is 1.87. The van der Waals surface area contributed by atoms with Crippen molar-refractivity contribution in [1.29, 1.82) is 0 Å². The van der Waals surface area contributed by atoms with Gasteiger partial charge in [-0.15, -0.1) is 0 Å². The molecule has 0 aliphatic rings. The van der Waals surface area contributed by atoms with E-state index < -0.39 is 0 Å². The molecule has 0 saturated heterocycles. The van der Waals surface area contributed by atoms with Gasteiger partial charge in [0.1, 0.15) is 5.52 Å². The molecule has 2 aromatic rings. The summed E-state index contributed by atoms with van der Waals surface area (Å²) in [7, 11) is 0. The molecule has 2 aromatic heterocycles. The van der Waals surface area contributed by atoms with E-state index in [9.17, 15) is 0 Å². The van der Waals surface area contributed by atoms with Crippen LogP contribution >= 0.6 is 0 Å². The number of anilines is 1. The number of pyridine rings is 1. The average molecular weight is 218 g/mol. The van der Waals surface area contributed by atoms with Crippen LogP contribution in [0.25, 0.3) is 11.2 Å². The largest absolute Gasteiger partial charge is 0.369 e. The van der Waals surface area contributed by atoms with Crippen molar-refractivity contribution in [3.05, 3.63) is 17.8 Å². The van der Waals surface area contributed by atoms with Crippen LogP contribution in [0.3, 0.4) is 0 Å². The number of aromatic nitrogens is 3. The molecule has 2 heterocycles. The summed E-state index contributed by atoms with van der Waals surface area (Å²) in [6.07, 6.45) is 2.99. The van der Waals surface area contributed by atoms with Crippen molar-refractivity contribution in [1.82, 2.24) is 14.5 Å². The number of imidazole rings is 1. The molecule has 0 spiro atoms. The van der Waals surface area contributed by atoms with Gasteiger partial charge in [-0.2, -0.15) is 0 Å². The van der Waals surface area contributed by atoms with Gasteiger partial charge < -0.3 is 5.73 Å². The maximum absolute atomic E-state index is 5.92. The summed E-state index contributed by atoms with van der Waals surface area (Å²) in [5.74, 6) is 1.15. The van der Waals surface area contributed by atoms with E-state index in [1.165, 1.54) is 0 Å². The SMILES string of the molecule is CCC(C)Cn1c(N)nc2cc(C)cnc21. The molecule has 4 heteroatoms. The van der Waals surface area contributed by atoms with Crippen molar-refractivity contribution >= 4 is 17.1 Å². The lowest BCUT2D eigenvalue weighted by atomic mass is 10.1. The Hall–Kier alpha value is -1.58. The van der Waals surface area contributed by atoms with Gasteiger partial charge in [-0.3, -0.25) is 4.57 Å². The highest BCUT2D eigenvalue weighted by Gasteiger charge is 2.11. The lowest BCUT2D eigenvalue weighted by molar-refractivity contribution is 0.478. The van der Waals surface area contributed by atoms with Gasteiger partial charge in [0.25, 0.3) is 0 Å². The normalized spacial score (nSPS) is 13.2. The van der Waals surface area contributed by atoms with Crippen LogP contribution in [0.15, 0.2) is 12.3 Å². The number of hydrogen-bond acceptors (Lipinski definition) is 3. The van der Waals surface area contributed by atoms with Crippen LogP contribution in [0.2, 0.25) is 0 Å². The van der Waals surface area contributed by atoms with E-state index >= 15 is 0 Å². The van der Waals surface area contributed by atoms with E-state index in [-0.39, 0.29) is 0 Å². The van der Waals surface area contributed by atoms with Crippen LogP contribution in [-0.2, 0) is 6.54 Å². The van der Waals surface area contributed by atoms with Gasteiger partial charge in [-0.1, -0.05) is 20.3 Å². The lowest BCUT2D eigenvalue weighted by Gasteiger charge is -2.10. The van der Waals surface area contributed by atoms with Gasteiger partial charge in [-0.25, -0.2) is 9.97 Å². The molecule has 0 aliphatic heterocycles. The molecule has 0 saturated carbocycles. The first-order valence-electron chi connectivity index (χ1n) is 5.70. The van der Waals surface area contributed by atoms with Crippen molar-refractivity contribution in [3.63, 3.8) is 0 Å². The van der Waals surface area contributed by atoms with Gasteiger partial charge >= 0.3 is 0 Å². The molecule has 0 bridgehead atoms. The first-order valence-corrected chi connectivity index (χ1v) is 5.70. The topological polar surface area (TPSA) is 56.7 Å². The highest BCUT2D eigenvalue weighted by Crippen LogP contribution is 2.18. The van der Waals surface area contributed by atoms with Crippen molar-refractivity contribution < 1.29 is 0 Å².